The number of halogens is 3. The standard InChI is InChI=1S/C10H3BrCl2N2/c11-7-2-1-5(4-14)9-6(7)3-8(12)15-10(9)13/h1-3H. The summed E-state index contributed by atoms with van der Waals surface area (Å²) in [5.74, 6) is 0. The molecule has 0 radical (unpaired) electrons. The van der Waals surface area contributed by atoms with Crippen LogP contribution >= 0.6 is 39.1 Å². The van der Waals surface area contributed by atoms with Crippen LogP contribution in [-0.4, -0.2) is 4.98 Å². The summed E-state index contributed by atoms with van der Waals surface area (Å²) >= 11 is 15.1. The predicted octanol–water partition coefficient (Wildman–Crippen LogP) is 4.18. The molecule has 0 aliphatic carbocycles. The van der Waals surface area contributed by atoms with Crippen molar-refractivity contribution in [3.8, 4) is 6.07 Å². The van der Waals surface area contributed by atoms with Crippen LogP contribution in [0.2, 0.25) is 10.3 Å². The molecule has 0 aliphatic heterocycles. The van der Waals surface area contributed by atoms with Crippen molar-refractivity contribution in [2.75, 3.05) is 0 Å². The zero-order chi connectivity index (χ0) is 11.0. The van der Waals surface area contributed by atoms with Gasteiger partial charge in [0, 0.05) is 15.2 Å². The Hall–Kier alpha value is -0.820. The fraction of sp³-hybridized carbons (Fsp3) is 0. The number of hydrogen-bond donors (Lipinski definition) is 0. The normalized spacial score (nSPS) is 10.3. The van der Waals surface area contributed by atoms with E-state index in [9.17, 15) is 0 Å². The molecule has 1 aromatic heterocycles. The highest BCUT2D eigenvalue weighted by Crippen LogP contribution is 2.32. The second kappa shape index (κ2) is 3.97. The number of hydrogen-bond acceptors (Lipinski definition) is 2. The van der Waals surface area contributed by atoms with Gasteiger partial charge in [0.25, 0.3) is 0 Å². The van der Waals surface area contributed by atoms with E-state index < -0.39 is 0 Å². The zero-order valence-corrected chi connectivity index (χ0v) is 10.4. The first-order chi connectivity index (χ1) is 7.13. The maximum atomic E-state index is 8.94. The van der Waals surface area contributed by atoms with Crippen molar-refractivity contribution < 1.29 is 0 Å². The van der Waals surface area contributed by atoms with E-state index in [4.69, 9.17) is 28.5 Å². The molecule has 0 saturated heterocycles. The van der Waals surface area contributed by atoms with Crippen LogP contribution in [0.5, 0.6) is 0 Å². The summed E-state index contributed by atoms with van der Waals surface area (Å²) in [6.45, 7) is 0. The molecule has 1 heterocycles. The number of rotatable bonds is 0. The summed E-state index contributed by atoms with van der Waals surface area (Å²) < 4.78 is 0.836. The van der Waals surface area contributed by atoms with Crippen LogP contribution in [0.1, 0.15) is 5.56 Å². The maximum absolute atomic E-state index is 8.94. The van der Waals surface area contributed by atoms with Gasteiger partial charge in [-0.1, -0.05) is 39.1 Å². The molecule has 0 atom stereocenters. The minimum Gasteiger partial charge on any atom is -0.224 e. The van der Waals surface area contributed by atoms with Gasteiger partial charge >= 0.3 is 0 Å². The number of nitrogens with zero attached hydrogens (tertiary/aromatic N) is 2. The summed E-state index contributed by atoms with van der Waals surface area (Å²) in [4.78, 5) is 3.91. The average molecular weight is 302 g/mol. The molecular formula is C10H3BrCl2N2. The van der Waals surface area contributed by atoms with Gasteiger partial charge in [-0.3, -0.25) is 0 Å². The van der Waals surface area contributed by atoms with E-state index in [2.05, 4.69) is 27.0 Å². The van der Waals surface area contributed by atoms with Crippen molar-refractivity contribution in [3.63, 3.8) is 0 Å². The fourth-order valence-corrected chi connectivity index (χ4v) is 2.33. The van der Waals surface area contributed by atoms with Crippen LogP contribution in [0, 0.1) is 11.3 Å². The van der Waals surface area contributed by atoms with Gasteiger partial charge in [-0.2, -0.15) is 5.26 Å². The molecule has 0 amide bonds. The van der Waals surface area contributed by atoms with E-state index in [-0.39, 0.29) is 5.15 Å². The molecular weight excluding hydrogens is 299 g/mol. The number of fused-ring (bicyclic) bond motifs is 1. The quantitative estimate of drug-likeness (QED) is 0.685. The van der Waals surface area contributed by atoms with E-state index in [1.54, 1.807) is 18.2 Å². The number of pyridine rings is 1. The number of benzene rings is 1. The highest BCUT2D eigenvalue weighted by Gasteiger charge is 2.10. The molecule has 0 unspecified atom stereocenters. The first-order valence-electron chi connectivity index (χ1n) is 3.98. The monoisotopic (exact) mass is 300 g/mol. The first-order valence-corrected chi connectivity index (χ1v) is 5.52. The largest absolute Gasteiger partial charge is 0.224 e. The van der Waals surface area contributed by atoms with Crippen molar-refractivity contribution in [1.29, 1.82) is 5.26 Å². The minimum atomic E-state index is 0.246. The lowest BCUT2D eigenvalue weighted by Crippen LogP contribution is -1.86. The molecule has 2 nitrogen and oxygen atoms in total. The van der Waals surface area contributed by atoms with E-state index in [1.165, 1.54) is 0 Å². The lowest BCUT2D eigenvalue weighted by atomic mass is 10.1. The van der Waals surface area contributed by atoms with Crippen molar-refractivity contribution in [1.82, 2.24) is 4.98 Å². The molecule has 0 N–H and O–H groups in total. The molecule has 2 aromatic rings. The average Bonchev–Trinajstić information content (AvgIpc) is 2.19. The summed E-state index contributed by atoms with van der Waals surface area (Å²) in [7, 11) is 0. The molecule has 0 spiro atoms. The van der Waals surface area contributed by atoms with Gasteiger partial charge in [0.2, 0.25) is 0 Å². The number of aromatic nitrogens is 1. The van der Waals surface area contributed by atoms with Crippen LogP contribution in [-0.2, 0) is 0 Å². The highest BCUT2D eigenvalue weighted by molar-refractivity contribution is 9.10. The van der Waals surface area contributed by atoms with Crippen LogP contribution < -0.4 is 0 Å². The third-order valence-electron chi connectivity index (χ3n) is 1.99. The summed E-state index contributed by atoms with van der Waals surface area (Å²) in [5.41, 5.74) is 0.488. The smallest absolute Gasteiger partial charge is 0.140 e. The Morgan fingerprint density at radius 1 is 1.33 bits per heavy atom. The Balaban J connectivity index is 3.02. The maximum Gasteiger partial charge on any atom is 0.140 e. The molecule has 1 aromatic carbocycles. The number of nitriles is 1. The third kappa shape index (κ3) is 1.81. The van der Waals surface area contributed by atoms with E-state index in [0.29, 0.717) is 16.1 Å². The van der Waals surface area contributed by atoms with E-state index in [0.717, 1.165) is 9.86 Å². The zero-order valence-electron chi connectivity index (χ0n) is 7.26. The summed E-state index contributed by atoms with van der Waals surface area (Å²) in [6, 6.07) is 7.22. The molecule has 0 saturated carbocycles. The van der Waals surface area contributed by atoms with Gasteiger partial charge in [0.05, 0.1) is 11.6 Å². The second-order valence-electron chi connectivity index (χ2n) is 2.87. The van der Waals surface area contributed by atoms with Crippen molar-refractivity contribution in [2.24, 2.45) is 0 Å². The Labute approximate surface area is 105 Å². The van der Waals surface area contributed by atoms with Crippen molar-refractivity contribution in [3.05, 3.63) is 38.5 Å². The molecule has 0 bridgehead atoms. The Kier molecular flexibility index (Phi) is 2.83. The third-order valence-corrected chi connectivity index (χ3v) is 3.15. The highest BCUT2D eigenvalue weighted by atomic mass is 79.9. The molecule has 2 rings (SSSR count). The molecule has 0 fully saturated rings. The molecule has 15 heavy (non-hydrogen) atoms. The Morgan fingerprint density at radius 2 is 2.07 bits per heavy atom. The van der Waals surface area contributed by atoms with Crippen molar-refractivity contribution in [2.45, 2.75) is 0 Å². The van der Waals surface area contributed by atoms with E-state index in [1.807, 2.05) is 0 Å². The van der Waals surface area contributed by atoms with Crippen molar-refractivity contribution >= 4 is 49.9 Å². The molecule has 5 heteroatoms. The topological polar surface area (TPSA) is 36.7 Å². The van der Waals surface area contributed by atoms with Gasteiger partial charge in [0.15, 0.2) is 0 Å². The van der Waals surface area contributed by atoms with Gasteiger partial charge < -0.3 is 0 Å². The minimum absolute atomic E-state index is 0.246. The van der Waals surface area contributed by atoms with Crippen LogP contribution in [0.15, 0.2) is 22.7 Å². The summed E-state index contributed by atoms with van der Waals surface area (Å²) in [6.07, 6.45) is 0. The summed E-state index contributed by atoms with van der Waals surface area (Å²) in [5, 5.41) is 10.9. The lowest BCUT2D eigenvalue weighted by Gasteiger charge is -2.04. The molecule has 74 valence electrons. The predicted molar refractivity (Wildman–Crippen MR) is 64.2 cm³/mol. The Bertz CT molecular complexity index is 590. The van der Waals surface area contributed by atoms with Crippen LogP contribution in [0.4, 0.5) is 0 Å². The lowest BCUT2D eigenvalue weighted by molar-refractivity contribution is 1.35. The van der Waals surface area contributed by atoms with Crippen LogP contribution in [0.3, 0.4) is 0 Å². The van der Waals surface area contributed by atoms with Crippen LogP contribution in [0.25, 0.3) is 10.8 Å². The fourth-order valence-electron chi connectivity index (χ4n) is 1.35. The van der Waals surface area contributed by atoms with Gasteiger partial charge in [0.1, 0.15) is 10.3 Å². The SMILES string of the molecule is N#Cc1ccc(Br)c2cc(Cl)nc(Cl)c12. The second-order valence-corrected chi connectivity index (χ2v) is 4.46. The van der Waals surface area contributed by atoms with E-state index >= 15 is 0 Å². The van der Waals surface area contributed by atoms with Gasteiger partial charge in [-0.05, 0) is 18.2 Å². The van der Waals surface area contributed by atoms with Gasteiger partial charge in [-0.25, -0.2) is 4.98 Å². The van der Waals surface area contributed by atoms with Gasteiger partial charge in [-0.15, -0.1) is 0 Å². The Morgan fingerprint density at radius 3 is 2.73 bits per heavy atom. The molecule has 0 aliphatic rings. The first kappa shape index (κ1) is 10.7.